The van der Waals surface area contributed by atoms with Crippen molar-refractivity contribution in [2.24, 2.45) is 5.73 Å². The second kappa shape index (κ2) is 6.06. The van der Waals surface area contributed by atoms with Gasteiger partial charge < -0.3 is 10.3 Å². The SMILES string of the molecule is CC(N)CCCc1nc(-c2cccc3ccccc23)no1. The molecule has 0 bridgehead atoms. The van der Waals surface area contributed by atoms with Crippen LogP contribution in [0.4, 0.5) is 0 Å². The average molecular weight is 281 g/mol. The number of rotatable bonds is 5. The van der Waals surface area contributed by atoms with E-state index in [4.69, 9.17) is 10.3 Å². The third kappa shape index (κ3) is 3.11. The van der Waals surface area contributed by atoms with Gasteiger partial charge in [0, 0.05) is 18.0 Å². The van der Waals surface area contributed by atoms with Gasteiger partial charge in [-0.25, -0.2) is 0 Å². The second-order valence-corrected chi connectivity index (χ2v) is 5.41. The maximum absolute atomic E-state index is 5.75. The molecule has 3 rings (SSSR count). The molecule has 0 saturated carbocycles. The molecule has 108 valence electrons. The lowest BCUT2D eigenvalue weighted by molar-refractivity contribution is 0.373. The van der Waals surface area contributed by atoms with Crippen molar-refractivity contribution in [3.8, 4) is 11.4 Å². The quantitative estimate of drug-likeness (QED) is 0.776. The molecule has 2 aromatic carbocycles. The van der Waals surface area contributed by atoms with Gasteiger partial charge >= 0.3 is 0 Å². The number of fused-ring (bicyclic) bond motifs is 1. The Morgan fingerprint density at radius 3 is 2.81 bits per heavy atom. The molecule has 0 radical (unpaired) electrons. The fraction of sp³-hybridized carbons (Fsp3) is 0.294. The molecule has 1 aromatic heterocycles. The molecule has 21 heavy (non-hydrogen) atoms. The van der Waals surface area contributed by atoms with Gasteiger partial charge in [-0.2, -0.15) is 4.98 Å². The Hall–Kier alpha value is -2.20. The smallest absolute Gasteiger partial charge is 0.226 e. The fourth-order valence-electron chi connectivity index (χ4n) is 2.46. The third-order valence-electron chi connectivity index (χ3n) is 3.55. The van der Waals surface area contributed by atoms with E-state index in [1.165, 1.54) is 5.39 Å². The first-order valence-corrected chi connectivity index (χ1v) is 7.30. The zero-order valence-corrected chi connectivity index (χ0v) is 12.1. The zero-order valence-electron chi connectivity index (χ0n) is 12.1. The molecule has 1 unspecified atom stereocenters. The highest BCUT2D eigenvalue weighted by molar-refractivity contribution is 5.94. The summed E-state index contributed by atoms with van der Waals surface area (Å²) in [5, 5.41) is 6.44. The topological polar surface area (TPSA) is 64.9 Å². The van der Waals surface area contributed by atoms with E-state index < -0.39 is 0 Å². The lowest BCUT2D eigenvalue weighted by Crippen LogP contribution is -2.14. The van der Waals surface area contributed by atoms with Gasteiger partial charge in [-0.1, -0.05) is 47.6 Å². The summed E-state index contributed by atoms with van der Waals surface area (Å²) in [5.41, 5.74) is 6.76. The standard InChI is InChI=1S/C17H19N3O/c1-12(18)6-4-11-16-19-17(20-21-16)15-10-5-8-13-7-2-3-9-14(13)15/h2-3,5,7-10,12H,4,6,11,18H2,1H3. The number of hydrogen-bond donors (Lipinski definition) is 1. The maximum atomic E-state index is 5.75. The van der Waals surface area contributed by atoms with Crippen molar-refractivity contribution in [3.63, 3.8) is 0 Å². The van der Waals surface area contributed by atoms with Crippen LogP contribution >= 0.6 is 0 Å². The molecular weight excluding hydrogens is 262 g/mol. The zero-order chi connectivity index (χ0) is 14.7. The van der Waals surface area contributed by atoms with Crippen LogP contribution in [0.2, 0.25) is 0 Å². The van der Waals surface area contributed by atoms with Crippen molar-refractivity contribution in [2.45, 2.75) is 32.2 Å². The molecular formula is C17H19N3O. The Morgan fingerprint density at radius 2 is 1.95 bits per heavy atom. The minimum atomic E-state index is 0.213. The van der Waals surface area contributed by atoms with E-state index in [-0.39, 0.29) is 6.04 Å². The van der Waals surface area contributed by atoms with Crippen molar-refractivity contribution in [2.75, 3.05) is 0 Å². The van der Waals surface area contributed by atoms with E-state index in [1.54, 1.807) is 0 Å². The lowest BCUT2D eigenvalue weighted by atomic mass is 10.0. The summed E-state index contributed by atoms with van der Waals surface area (Å²) >= 11 is 0. The summed E-state index contributed by atoms with van der Waals surface area (Å²) in [6, 6.07) is 14.6. The summed E-state index contributed by atoms with van der Waals surface area (Å²) in [6.07, 6.45) is 2.71. The number of aromatic nitrogens is 2. The van der Waals surface area contributed by atoms with Gasteiger partial charge in [-0.05, 0) is 30.5 Å². The van der Waals surface area contributed by atoms with E-state index in [9.17, 15) is 0 Å². The Kier molecular flexibility index (Phi) is 3.97. The van der Waals surface area contributed by atoms with Crippen LogP contribution in [0.1, 0.15) is 25.7 Å². The van der Waals surface area contributed by atoms with Gasteiger partial charge in [0.2, 0.25) is 11.7 Å². The first kappa shape index (κ1) is 13.8. The van der Waals surface area contributed by atoms with Crippen LogP contribution in [-0.4, -0.2) is 16.2 Å². The van der Waals surface area contributed by atoms with Crippen LogP contribution < -0.4 is 5.73 Å². The van der Waals surface area contributed by atoms with Gasteiger partial charge in [0.1, 0.15) is 0 Å². The Labute approximate surface area is 124 Å². The van der Waals surface area contributed by atoms with E-state index in [0.29, 0.717) is 11.7 Å². The Morgan fingerprint density at radius 1 is 1.14 bits per heavy atom. The monoisotopic (exact) mass is 281 g/mol. The third-order valence-corrected chi connectivity index (χ3v) is 3.55. The average Bonchev–Trinajstić information content (AvgIpc) is 2.95. The van der Waals surface area contributed by atoms with Gasteiger partial charge in [-0.15, -0.1) is 0 Å². The Bertz CT molecular complexity index is 728. The van der Waals surface area contributed by atoms with Crippen molar-refractivity contribution >= 4 is 10.8 Å². The largest absolute Gasteiger partial charge is 0.339 e. The van der Waals surface area contributed by atoms with Gasteiger partial charge in [0.25, 0.3) is 0 Å². The highest BCUT2D eigenvalue weighted by atomic mass is 16.5. The summed E-state index contributed by atoms with van der Waals surface area (Å²) in [5.74, 6) is 1.33. The minimum absolute atomic E-state index is 0.213. The van der Waals surface area contributed by atoms with E-state index in [0.717, 1.165) is 30.2 Å². The number of nitrogens with two attached hydrogens (primary N) is 1. The molecule has 0 spiro atoms. The number of aryl methyl sites for hydroxylation is 1. The highest BCUT2D eigenvalue weighted by Crippen LogP contribution is 2.26. The van der Waals surface area contributed by atoms with Crippen molar-refractivity contribution in [3.05, 3.63) is 48.4 Å². The number of hydrogen-bond acceptors (Lipinski definition) is 4. The molecule has 0 aliphatic carbocycles. The molecule has 2 N–H and O–H groups in total. The minimum Gasteiger partial charge on any atom is -0.339 e. The predicted molar refractivity (Wildman–Crippen MR) is 83.8 cm³/mol. The molecule has 0 aliphatic rings. The van der Waals surface area contributed by atoms with Crippen molar-refractivity contribution in [1.29, 1.82) is 0 Å². The van der Waals surface area contributed by atoms with Gasteiger partial charge in [-0.3, -0.25) is 0 Å². The number of benzene rings is 2. The fourth-order valence-corrected chi connectivity index (χ4v) is 2.46. The van der Waals surface area contributed by atoms with E-state index >= 15 is 0 Å². The summed E-state index contributed by atoms with van der Waals surface area (Å²) in [6.45, 7) is 2.01. The molecule has 0 saturated heterocycles. The highest BCUT2D eigenvalue weighted by Gasteiger charge is 2.11. The van der Waals surface area contributed by atoms with Gasteiger partial charge in [0.05, 0.1) is 0 Å². The molecule has 0 fully saturated rings. The van der Waals surface area contributed by atoms with E-state index in [2.05, 4.69) is 28.3 Å². The summed E-state index contributed by atoms with van der Waals surface area (Å²) in [4.78, 5) is 4.51. The lowest BCUT2D eigenvalue weighted by Gasteiger charge is -2.02. The Balaban J connectivity index is 1.85. The molecule has 4 heteroatoms. The van der Waals surface area contributed by atoms with Crippen LogP contribution in [0.15, 0.2) is 47.0 Å². The van der Waals surface area contributed by atoms with E-state index in [1.807, 2.05) is 31.2 Å². The molecule has 1 heterocycles. The second-order valence-electron chi connectivity index (χ2n) is 5.41. The first-order valence-electron chi connectivity index (χ1n) is 7.30. The normalized spacial score (nSPS) is 12.7. The molecule has 0 amide bonds. The van der Waals surface area contributed by atoms with Crippen LogP contribution in [0, 0.1) is 0 Å². The van der Waals surface area contributed by atoms with Crippen LogP contribution in [0.3, 0.4) is 0 Å². The van der Waals surface area contributed by atoms with Crippen LogP contribution in [0.25, 0.3) is 22.2 Å². The summed E-state index contributed by atoms with van der Waals surface area (Å²) < 4.78 is 5.35. The maximum Gasteiger partial charge on any atom is 0.226 e. The molecule has 3 aromatic rings. The van der Waals surface area contributed by atoms with Gasteiger partial charge in [0.15, 0.2) is 0 Å². The predicted octanol–water partition coefficient (Wildman–Crippen LogP) is 3.56. The molecule has 0 aliphatic heterocycles. The van der Waals surface area contributed by atoms with Crippen LogP contribution in [-0.2, 0) is 6.42 Å². The van der Waals surface area contributed by atoms with Crippen LogP contribution in [0.5, 0.6) is 0 Å². The molecule has 1 atom stereocenters. The first-order chi connectivity index (χ1) is 10.2. The molecule has 4 nitrogen and oxygen atoms in total. The van der Waals surface area contributed by atoms with Crippen molar-refractivity contribution in [1.82, 2.24) is 10.1 Å². The number of nitrogens with zero attached hydrogens (tertiary/aromatic N) is 2. The van der Waals surface area contributed by atoms with Crippen molar-refractivity contribution < 1.29 is 4.52 Å². The summed E-state index contributed by atoms with van der Waals surface area (Å²) in [7, 11) is 0.